The first-order chi connectivity index (χ1) is 30.7. The van der Waals surface area contributed by atoms with Gasteiger partial charge in [0, 0.05) is 0 Å². The molecule has 0 N–H and O–H groups in total. The van der Waals surface area contributed by atoms with Gasteiger partial charge in [0.05, 0.1) is 0 Å². The van der Waals surface area contributed by atoms with Crippen LogP contribution in [0.4, 0.5) is 0 Å². The Bertz CT molecular complexity index is 3160. The van der Waals surface area contributed by atoms with E-state index < -0.39 is 0 Å². The van der Waals surface area contributed by atoms with E-state index in [1.165, 1.54) is 110 Å². The van der Waals surface area contributed by atoms with Gasteiger partial charge >= 0.3 is 0 Å². The van der Waals surface area contributed by atoms with Crippen LogP contribution >= 0.6 is 0 Å². The molecule has 0 nitrogen and oxygen atoms in total. The third kappa shape index (κ3) is 7.29. The first kappa shape index (κ1) is 37.0. The predicted molar refractivity (Wildman–Crippen MR) is 269 cm³/mol. The van der Waals surface area contributed by atoms with E-state index in [9.17, 15) is 0 Å². The Hall–Kier alpha value is -8.06. The van der Waals surface area contributed by atoms with Crippen LogP contribution in [-0.4, -0.2) is 0 Å². The topological polar surface area (TPSA) is 0 Å². The second-order valence-corrected chi connectivity index (χ2v) is 16.1. The SMILES string of the molecule is C(=Cc1ccc(-c2c3ccccc3c(-c3ccc(C=Cc4ccc(-c5ccc6ccccc6c5)cc4)cc3)c3ccccc23)cc1)c1ccc(-c2ccc3ccccc3c2)cc1. The van der Waals surface area contributed by atoms with Gasteiger partial charge in [0.2, 0.25) is 0 Å². The molecule has 0 aliphatic rings. The fourth-order valence-electron chi connectivity index (χ4n) is 8.97. The average Bonchev–Trinajstić information content (AvgIpc) is 3.35. The summed E-state index contributed by atoms with van der Waals surface area (Å²) >= 11 is 0. The molecular weight excluding hydrogens is 745 g/mol. The number of rotatable bonds is 8. The van der Waals surface area contributed by atoms with Crippen LogP contribution < -0.4 is 0 Å². The summed E-state index contributed by atoms with van der Waals surface area (Å²) in [5.74, 6) is 0. The van der Waals surface area contributed by atoms with E-state index in [0.717, 1.165) is 0 Å². The maximum atomic E-state index is 2.28. The zero-order chi connectivity index (χ0) is 41.2. The van der Waals surface area contributed by atoms with Gasteiger partial charge in [-0.3, -0.25) is 0 Å². The van der Waals surface area contributed by atoms with Gasteiger partial charge < -0.3 is 0 Å². The van der Waals surface area contributed by atoms with Crippen molar-refractivity contribution >= 4 is 67.4 Å². The van der Waals surface area contributed by atoms with E-state index in [0.29, 0.717) is 0 Å². The highest BCUT2D eigenvalue weighted by Gasteiger charge is 2.16. The van der Waals surface area contributed by atoms with Crippen LogP contribution in [0, 0.1) is 0 Å². The van der Waals surface area contributed by atoms with Crippen molar-refractivity contribution in [2.45, 2.75) is 0 Å². The minimum Gasteiger partial charge on any atom is -0.0616 e. The molecule has 0 aliphatic carbocycles. The van der Waals surface area contributed by atoms with Gasteiger partial charge in [-0.15, -0.1) is 0 Å². The normalized spacial score (nSPS) is 11.7. The third-order valence-corrected chi connectivity index (χ3v) is 12.3. The monoisotopic (exact) mass is 786 g/mol. The summed E-state index contributed by atoms with van der Waals surface area (Å²) in [7, 11) is 0. The molecule has 11 aromatic carbocycles. The van der Waals surface area contributed by atoms with Crippen LogP contribution in [0.2, 0.25) is 0 Å². The molecule has 0 radical (unpaired) electrons. The predicted octanol–water partition coefficient (Wildman–Crippen LogP) is 17.3. The third-order valence-electron chi connectivity index (χ3n) is 12.3. The lowest BCUT2D eigenvalue weighted by Gasteiger charge is -2.18. The summed E-state index contributed by atoms with van der Waals surface area (Å²) < 4.78 is 0. The fourth-order valence-corrected chi connectivity index (χ4v) is 8.97. The Kier molecular flexibility index (Phi) is 9.65. The van der Waals surface area contributed by atoms with Crippen molar-refractivity contribution in [2.75, 3.05) is 0 Å². The van der Waals surface area contributed by atoms with Crippen LogP contribution in [0.15, 0.2) is 231 Å². The summed E-state index contributed by atoms with van der Waals surface area (Å²) in [6, 6.07) is 83.9. The molecule has 0 heteroatoms. The molecule has 0 amide bonds. The van der Waals surface area contributed by atoms with Gasteiger partial charge in [0.1, 0.15) is 0 Å². The van der Waals surface area contributed by atoms with Crippen molar-refractivity contribution in [1.82, 2.24) is 0 Å². The molecule has 0 spiro atoms. The summed E-state index contributed by atoms with van der Waals surface area (Å²) in [4.78, 5) is 0. The number of hydrogen-bond acceptors (Lipinski definition) is 0. The minimum atomic E-state index is 1.17. The molecule has 0 aliphatic heterocycles. The molecule has 0 saturated heterocycles. The largest absolute Gasteiger partial charge is 0.0616 e. The van der Waals surface area contributed by atoms with Crippen LogP contribution in [0.1, 0.15) is 22.3 Å². The van der Waals surface area contributed by atoms with Gasteiger partial charge in [0.15, 0.2) is 0 Å². The summed E-state index contributed by atoms with van der Waals surface area (Å²) in [6.45, 7) is 0. The first-order valence-corrected chi connectivity index (χ1v) is 21.4. The lowest BCUT2D eigenvalue weighted by molar-refractivity contribution is 1.61. The molecular formula is C62H42. The van der Waals surface area contributed by atoms with Crippen LogP contribution in [0.25, 0.3) is 112 Å². The van der Waals surface area contributed by atoms with E-state index in [2.05, 4.69) is 255 Å². The quantitative estimate of drug-likeness (QED) is 0.106. The van der Waals surface area contributed by atoms with Gasteiger partial charge in [-0.05, 0) is 122 Å². The molecule has 0 bridgehead atoms. The maximum absolute atomic E-state index is 2.28. The highest BCUT2D eigenvalue weighted by Crippen LogP contribution is 2.43. The summed E-state index contributed by atoms with van der Waals surface area (Å²) in [5, 5.41) is 10.1. The van der Waals surface area contributed by atoms with E-state index in [1.54, 1.807) is 0 Å². The molecule has 290 valence electrons. The molecule has 0 saturated carbocycles. The second-order valence-electron chi connectivity index (χ2n) is 16.1. The van der Waals surface area contributed by atoms with Crippen molar-refractivity contribution in [3.8, 4) is 44.5 Å². The van der Waals surface area contributed by atoms with Crippen LogP contribution in [-0.2, 0) is 0 Å². The molecule has 11 aromatic rings. The standard InChI is InChI=1S/C62H42/c1-3-11-53-41-55(39-37-47(53)9-1)49-29-21-43(22-30-49)17-19-45-25-33-51(34-26-45)61-57-13-5-7-15-59(57)62(60-16-8-6-14-58(60)61)52-35-27-46(28-36-52)20-18-44-23-31-50(32-24-44)56-40-38-48-10-2-4-12-54(48)42-56/h1-42H. The van der Waals surface area contributed by atoms with Crippen molar-refractivity contribution in [1.29, 1.82) is 0 Å². The van der Waals surface area contributed by atoms with Gasteiger partial charge in [-0.2, -0.15) is 0 Å². The highest BCUT2D eigenvalue weighted by atomic mass is 14.2. The van der Waals surface area contributed by atoms with E-state index >= 15 is 0 Å². The minimum absolute atomic E-state index is 1.17. The smallest absolute Gasteiger partial charge is 0.00264 e. The zero-order valence-corrected chi connectivity index (χ0v) is 34.2. The zero-order valence-electron chi connectivity index (χ0n) is 34.2. The Morgan fingerprint density at radius 1 is 0.194 bits per heavy atom. The van der Waals surface area contributed by atoms with Gasteiger partial charge in [0.25, 0.3) is 0 Å². The van der Waals surface area contributed by atoms with E-state index in [4.69, 9.17) is 0 Å². The van der Waals surface area contributed by atoms with Gasteiger partial charge in [-0.1, -0.05) is 243 Å². The maximum Gasteiger partial charge on any atom is -0.00264 e. The second kappa shape index (κ2) is 16.2. The van der Waals surface area contributed by atoms with Crippen molar-refractivity contribution in [2.24, 2.45) is 0 Å². The van der Waals surface area contributed by atoms with Crippen molar-refractivity contribution in [3.05, 3.63) is 253 Å². The number of benzene rings is 11. The fraction of sp³-hybridized carbons (Fsp3) is 0. The number of fused-ring (bicyclic) bond motifs is 4. The Balaban J connectivity index is 0.840. The van der Waals surface area contributed by atoms with E-state index in [1.807, 2.05) is 0 Å². The molecule has 11 rings (SSSR count). The lowest BCUT2D eigenvalue weighted by Crippen LogP contribution is -1.91. The summed E-state index contributed by atoms with van der Waals surface area (Å²) in [5.41, 5.74) is 14.6. The van der Waals surface area contributed by atoms with Crippen LogP contribution in [0.3, 0.4) is 0 Å². The lowest BCUT2D eigenvalue weighted by atomic mass is 9.85. The molecule has 0 atom stereocenters. The van der Waals surface area contributed by atoms with Crippen LogP contribution in [0.5, 0.6) is 0 Å². The highest BCUT2D eigenvalue weighted by molar-refractivity contribution is 6.21. The van der Waals surface area contributed by atoms with Crippen molar-refractivity contribution in [3.63, 3.8) is 0 Å². The number of hydrogen-bond donors (Lipinski definition) is 0. The van der Waals surface area contributed by atoms with Crippen molar-refractivity contribution < 1.29 is 0 Å². The average molecular weight is 787 g/mol. The molecule has 62 heavy (non-hydrogen) atoms. The first-order valence-electron chi connectivity index (χ1n) is 21.4. The molecule has 0 heterocycles. The molecule has 0 unspecified atom stereocenters. The summed E-state index contributed by atoms with van der Waals surface area (Å²) in [6.07, 6.45) is 8.81. The molecule has 0 aromatic heterocycles. The van der Waals surface area contributed by atoms with Gasteiger partial charge in [-0.25, -0.2) is 0 Å². The van der Waals surface area contributed by atoms with E-state index in [-0.39, 0.29) is 0 Å². The Labute approximate surface area is 363 Å². The Morgan fingerprint density at radius 3 is 0.774 bits per heavy atom. The molecule has 0 fully saturated rings. The Morgan fingerprint density at radius 2 is 0.452 bits per heavy atom.